The summed E-state index contributed by atoms with van der Waals surface area (Å²) in [6.45, 7) is 13.6. The molecule has 2 saturated heterocycles. The monoisotopic (exact) mass is 624 g/mol. The number of aromatic nitrogens is 3. The SMILES string of the molecule is CCc1nc2c(cnn2CC)c(NC2CCOCC2)c1CNC(=O)NCc1cccc(-c2cccc(CN3CCNC[C@@H]3C)c2)c1. The minimum absolute atomic E-state index is 0.207. The largest absolute Gasteiger partial charge is 0.381 e. The molecule has 0 bridgehead atoms. The molecular weight excluding hydrogens is 576 g/mol. The Labute approximate surface area is 272 Å². The van der Waals surface area contributed by atoms with E-state index in [0.717, 1.165) is 104 Å². The zero-order chi connectivity index (χ0) is 31.9. The number of ether oxygens (including phenoxy) is 1. The number of hydrogen-bond acceptors (Lipinski definition) is 7. The number of urea groups is 1. The Hall–Kier alpha value is -3.99. The van der Waals surface area contributed by atoms with Gasteiger partial charge in [0.05, 0.1) is 17.3 Å². The Morgan fingerprint density at radius 3 is 2.50 bits per heavy atom. The number of carbonyl (C=O) groups is 1. The van der Waals surface area contributed by atoms with Crippen molar-refractivity contribution in [3.8, 4) is 11.1 Å². The lowest BCUT2D eigenvalue weighted by Gasteiger charge is -2.34. The second-order valence-corrected chi connectivity index (χ2v) is 12.5. The molecule has 4 heterocycles. The summed E-state index contributed by atoms with van der Waals surface area (Å²) in [4.78, 5) is 20.6. The van der Waals surface area contributed by atoms with Crippen molar-refractivity contribution < 1.29 is 9.53 Å². The van der Waals surface area contributed by atoms with Crippen LogP contribution in [-0.2, 0) is 37.3 Å². The number of nitrogens with zero attached hydrogens (tertiary/aromatic N) is 4. The van der Waals surface area contributed by atoms with Crippen molar-refractivity contribution in [1.29, 1.82) is 0 Å². The molecule has 10 nitrogen and oxygen atoms in total. The molecule has 6 rings (SSSR count). The molecular formula is C36H48N8O2. The summed E-state index contributed by atoms with van der Waals surface area (Å²) in [5.41, 5.74) is 8.61. The lowest BCUT2D eigenvalue weighted by Crippen LogP contribution is -2.49. The normalized spacial score (nSPS) is 17.7. The van der Waals surface area contributed by atoms with E-state index in [1.807, 2.05) is 10.9 Å². The van der Waals surface area contributed by atoms with Crippen LogP contribution in [0.25, 0.3) is 22.2 Å². The van der Waals surface area contributed by atoms with Gasteiger partial charge in [0.15, 0.2) is 5.65 Å². The Bertz CT molecular complexity index is 1630. The number of pyridine rings is 1. The van der Waals surface area contributed by atoms with Gasteiger partial charge in [-0.1, -0.05) is 43.3 Å². The van der Waals surface area contributed by atoms with Crippen molar-refractivity contribution in [2.45, 2.75) is 78.3 Å². The highest BCUT2D eigenvalue weighted by atomic mass is 16.5. The number of piperazine rings is 1. The standard InChI is InChI=1S/C36H48N8O2/c1-4-33-31(34(41-30-12-16-46-17-13-30)32-23-40-44(5-2)35(32)42-33)22-39-36(45)38-21-26-8-6-10-28(18-26)29-11-7-9-27(19-29)24-43-15-14-37-20-25(43)3/h6-11,18-19,23,25,30,37H,4-5,12-17,20-22,24H2,1-3H3,(H,41,42)(H2,38,39,45)/t25-/m0/s1. The molecule has 2 aromatic carbocycles. The molecule has 1 atom stereocenters. The summed E-state index contributed by atoms with van der Waals surface area (Å²) < 4.78 is 7.53. The fourth-order valence-electron chi connectivity index (χ4n) is 6.58. The molecule has 2 fully saturated rings. The zero-order valence-electron chi connectivity index (χ0n) is 27.4. The molecule has 4 aromatic rings. The van der Waals surface area contributed by atoms with Crippen molar-refractivity contribution in [3.05, 3.63) is 77.1 Å². The number of nitrogens with one attached hydrogen (secondary N) is 4. The van der Waals surface area contributed by atoms with Gasteiger partial charge in [-0.3, -0.25) is 4.90 Å². The number of aryl methyl sites for hydroxylation is 2. The fourth-order valence-corrected chi connectivity index (χ4v) is 6.58. The first-order valence-electron chi connectivity index (χ1n) is 16.9. The molecule has 2 aromatic heterocycles. The summed E-state index contributed by atoms with van der Waals surface area (Å²) in [6, 6.07) is 17.9. The maximum atomic E-state index is 13.1. The Morgan fingerprint density at radius 1 is 1.02 bits per heavy atom. The van der Waals surface area contributed by atoms with Gasteiger partial charge in [0.25, 0.3) is 0 Å². The summed E-state index contributed by atoms with van der Waals surface area (Å²) in [6.07, 6.45) is 4.54. The molecule has 2 amide bonds. The molecule has 2 aliphatic heterocycles. The molecule has 0 saturated carbocycles. The Kier molecular flexibility index (Phi) is 10.5. The fraction of sp³-hybridized carbons (Fsp3) is 0.472. The highest BCUT2D eigenvalue weighted by molar-refractivity contribution is 5.92. The number of rotatable bonds is 11. The summed E-state index contributed by atoms with van der Waals surface area (Å²) in [5, 5.41) is 19.0. The average molecular weight is 625 g/mol. The van der Waals surface area contributed by atoms with Crippen LogP contribution in [-0.4, -0.2) is 70.6 Å². The molecule has 0 radical (unpaired) electrons. The van der Waals surface area contributed by atoms with E-state index in [-0.39, 0.29) is 6.03 Å². The van der Waals surface area contributed by atoms with Gasteiger partial charge >= 0.3 is 6.03 Å². The molecule has 10 heteroatoms. The van der Waals surface area contributed by atoms with Crippen LogP contribution in [0.3, 0.4) is 0 Å². The predicted molar refractivity (Wildman–Crippen MR) is 184 cm³/mol. The van der Waals surface area contributed by atoms with Crippen molar-refractivity contribution in [3.63, 3.8) is 0 Å². The predicted octanol–water partition coefficient (Wildman–Crippen LogP) is 5.06. The van der Waals surface area contributed by atoms with E-state index >= 15 is 0 Å². The number of amides is 2. The second kappa shape index (κ2) is 15.1. The third-order valence-electron chi connectivity index (χ3n) is 9.27. The molecule has 0 spiro atoms. The quantitative estimate of drug-likeness (QED) is 0.185. The smallest absolute Gasteiger partial charge is 0.315 e. The highest BCUT2D eigenvalue weighted by Gasteiger charge is 2.22. The third-order valence-corrected chi connectivity index (χ3v) is 9.27. The Morgan fingerprint density at radius 2 is 1.76 bits per heavy atom. The number of carbonyl (C=O) groups excluding carboxylic acids is 1. The summed E-state index contributed by atoms with van der Waals surface area (Å²) >= 11 is 0. The first-order valence-corrected chi connectivity index (χ1v) is 16.9. The molecule has 2 aliphatic rings. The molecule has 4 N–H and O–H groups in total. The van der Waals surface area contributed by atoms with Gasteiger partial charge in [0.2, 0.25) is 0 Å². The number of benzene rings is 2. The minimum atomic E-state index is -0.207. The van der Waals surface area contributed by atoms with Gasteiger partial charge in [-0.25, -0.2) is 14.5 Å². The van der Waals surface area contributed by atoms with Gasteiger partial charge < -0.3 is 26.0 Å². The van der Waals surface area contributed by atoms with Gasteiger partial charge in [0.1, 0.15) is 0 Å². The van der Waals surface area contributed by atoms with Gasteiger partial charge in [-0.15, -0.1) is 0 Å². The third kappa shape index (κ3) is 7.52. The van der Waals surface area contributed by atoms with Crippen LogP contribution >= 0.6 is 0 Å². The first kappa shape index (κ1) is 32.0. The number of anilines is 1. The maximum Gasteiger partial charge on any atom is 0.315 e. The highest BCUT2D eigenvalue weighted by Crippen LogP contribution is 2.31. The molecule has 244 valence electrons. The molecule has 46 heavy (non-hydrogen) atoms. The average Bonchev–Trinajstić information content (AvgIpc) is 3.51. The second-order valence-electron chi connectivity index (χ2n) is 12.5. The lowest BCUT2D eigenvalue weighted by atomic mass is 10.0. The van der Waals surface area contributed by atoms with E-state index in [4.69, 9.17) is 9.72 Å². The van der Waals surface area contributed by atoms with Crippen LogP contribution < -0.4 is 21.3 Å². The van der Waals surface area contributed by atoms with E-state index in [1.54, 1.807) is 0 Å². The lowest BCUT2D eigenvalue weighted by molar-refractivity contribution is 0.0904. The topological polar surface area (TPSA) is 108 Å². The van der Waals surface area contributed by atoms with Crippen LogP contribution in [0.1, 0.15) is 56.0 Å². The van der Waals surface area contributed by atoms with E-state index < -0.39 is 0 Å². The molecule has 0 unspecified atom stereocenters. The van der Waals surface area contributed by atoms with Gasteiger partial charge in [-0.2, -0.15) is 5.10 Å². The van der Waals surface area contributed by atoms with Crippen LogP contribution in [0.15, 0.2) is 54.7 Å². The van der Waals surface area contributed by atoms with E-state index in [2.05, 4.69) is 101 Å². The van der Waals surface area contributed by atoms with Crippen molar-refractivity contribution >= 4 is 22.8 Å². The van der Waals surface area contributed by atoms with E-state index in [1.165, 1.54) is 11.1 Å². The number of hydrogen-bond donors (Lipinski definition) is 4. The van der Waals surface area contributed by atoms with Crippen LogP contribution in [0.4, 0.5) is 10.5 Å². The minimum Gasteiger partial charge on any atom is -0.381 e. The zero-order valence-corrected chi connectivity index (χ0v) is 27.4. The molecule has 0 aliphatic carbocycles. The van der Waals surface area contributed by atoms with Crippen molar-refractivity contribution in [1.82, 2.24) is 35.6 Å². The van der Waals surface area contributed by atoms with E-state index in [9.17, 15) is 4.79 Å². The van der Waals surface area contributed by atoms with Crippen LogP contribution in [0.5, 0.6) is 0 Å². The van der Waals surface area contributed by atoms with Gasteiger partial charge in [0, 0.05) is 82.4 Å². The van der Waals surface area contributed by atoms with Crippen molar-refractivity contribution in [2.75, 3.05) is 38.2 Å². The maximum absolute atomic E-state index is 13.1. The summed E-state index contributed by atoms with van der Waals surface area (Å²) in [5.74, 6) is 0. The van der Waals surface area contributed by atoms with Gasteiger partial charge in [-0.05, 0) is 67.5 Å². The van der Waals surface area contributed by atoms with Crippen LogP contribution in [0, 0.1) is 0 Å². The van der Waals surface area contributed by atoms with Crippen LogP contribution in [0.2, 0.25) is 0 Å². The van der Waals surface area contributed by atoms with E-state index in [0.29, 0.717) is 25.2 Å². The van der Waals surface area contributed by atoms with Crippen molar-refractivity contribution in [2.24, 2.45) is 0 Å². The first-order chi connectivity index (χ1) is 22.5. The summed E-state index contributed by atoms with van der Waals surface area (Å²) in [7, 11) is 0. The number of fused-ring (bicyclic) bond motifs is 1. The Balaban J connectivity index is 1.12.